The number of hydrogen-bond acceptors (Lipinski definition) is 8. The van der Waals surface area contributed by atoms with Crippen LogP contribution in [0, 0.1) is 0 Å². The first-order valence-electron chi connectivity index (χ1n) is 8.36. The van der Waals surface area contributed by atoms with Crippen molar-refractivity contribution < 1.29 is 20.1 Å². The second-order valence-corrected chi connectivity index (χ2v) is 6.89. The first kappa shape index (κ1) is 16.9. The first-order valence-corrected chi connectivity index (χ1v) is 8.73. The van der Waals surface area contributed by atoms with Gasteiger partial charge in [0.15, 0.2) is 23.2 Å². The fourth-order valence-corrected chi connectivity index (χ4v) is 3.72. The molecule has 2 aromatic heterocycles. The van der Waals surface area contributed by atoms with E-state index in [-0.39, 0.29) is 17.9 Å². The number of aromatic nitrogens is 4. The number of imidazole rings is 1. The number of ether oxygens (including phenoxy) is 1. The van der Waals surface area contributed by atoms with E-state index in [4.69, 9.17) is 16.3 Å². The van der Waals surface area contributed by atoms with Gasteiger partial charge < -0.3 is 25.4 Å². The molecule has 2 aromatic rings. The van der Waals surface area contributed by atoms with E-state index in [2.05, 4.69) is 20.3 Å². The number of fused-ring (bicyclic) bond motifs is 1. The molecule has 9 nitrogen and oxygen atoms in total. The summed E-state index contributed by atoms with van der Waals surface area (Å²) >= 11 is 6.06. The third-order valence-corrected chi connectivity index (χ3v) is 5.01. The monoisotopic (exact) mass is 369 g/mol. The fraction of sp³-hybridized carbons (Fsp3) is 0.667. The Morgan fingerprint density at radius 3 is 2.80 bits per heavy atom. The SMILES string of the molecule is OC[C@@H]1C[C@@H](O)[C@H](n2cnc3c(N[C@@H]4CCCC4O)nc(Cl)nc32)O1. The summed E-state index contributed by atoms with van der Waals surface area (Å²) < 4.78 is 7.26. The second-order valence-electron chi connectivity index (χ2n) is 6.55. The highest BCUT2D eigenvalue weighted by Gasteiger charge is 2.36. The Kier molecular flexibility index (Phi) is 4.50. The number of anilines is 1. The zero-order valence-corrected chi connectivity index (χ0v) is 14.2. The molecule has 4 N–H and O–H groups in total. The van der Waals surface area contributed by atoms with E-state index in [0.717, 1.165) is 19.3 Å². The van der Waals surface area contributed by atoms with Gasteiger partial charge in [-0.1, -0.05) is 0 Å². The Hall–Kier alpha value is -1.52. The van der Waals surface area contributed by atoms with Crippen molar-refractivity contribution in [2.45, 2.75) is 56.3 Å². The number of halogens is 1. The Morgan fingerprint density at radius 2 is 2.12 bits per heavy atom. The van der Waals surface area contributed by atoms with E-state index >= 15 is 0 Å². The van der Waals surface area contributed by atoms with Gasteiger partial charge >= 0.3 is 0 Å². The maximum absolute atomic E-state index is 10.2. The number of rotatable bonds is 4. The summed E-state index contributed by atoms with van der Waals surface area (Å²) in [6.45, 7) is -0.164. The van der Waals surface area contributed by atoms with Crippen LogP contribution in [0.1, 0.15) is 31.9 Å². The molecule has 1 saturated carbocycles. The molecule has 1 aliphatic carbocycles. The van der Waals surface area contributed by atoms with Gasteiger partial charge in [0.2, 0.25) is 5.28 Å². The van der Waals surface area contributed by atoms with Gasteiger partial charge in [-0.15, -0.1) is 0 Å². The molecular weight excluding hydrogens is 350 g/mol. The van der Waals surface area contributed by atoms with Crippen molar-refractivity contribution in [1.29, 1.82) is 0 Å². The number of nitrogens with one attached hydrogen (secondary N) is 1. The van der Waals surface area contributed by atoms with Crippen LogP contribution in [0.15, 0.2) is 6.33 Å². The molecule has 10 heteroatoms. The molecule has 3 heterocycles. The minimum absolute atomic E-state index is 0.0374. The molecule has 0 amide bonds. The van der Waals surface area contributed by atoms with Crippen LogP contribution in [0.2, 0.25) is 5.28 Å². The lowest BCUT2D eigenvalue weighted by Crippen LogP contribution is -2.28. The molecule has 1 unspecified atom stereocenters. The van der Waals surface area contributed by atoms with Gasteiger partial charge in [0.1, 0.15) is 6.10 Å². The van der Waals surface area contributed by atoms with Gasteiger partial charge in [0.05, 0.1) is 31.2 Å². The average Bonchev–Trinajstić information content (AvgIpc) is 3.27. The Labute approximate surface area is 148 Å². The maximum Gasteiger partial charge on any atom is 0.226 e. The number of hydrogen-bond donors (Lipinski definition) is 4. The van der Waals surface area contributed by atoms with Crippen LogP contribution in [0.3, 0.4) is 0 Å². The number of aliphatic hydroxyl groups is 3. The van der Waals surface area contributed by atoms with E-state index in [1.165, 1.54) is 6.33 Å². The van der Waals surface area contributed by atoms with Gasteiger partial charge in [-0.3, -0.25) is 4.57 Å². The highest BCUT2D eigenvalue weighted by Crippen LogP contribution is 2.33. The van der Waals surface area contributed by atoms with Gasteiger partial charge in [0.25, 0.3) is 0 Å². The Morgan fingerprint density at radius 1 is 1.28 bits per heavy atom. The van der Waals surface area contributed by atoms with Gasteiger partial charge in [-0.25, -0.2) is 4.98 Å². The highest BCUT2D eigenvalue weighted by molar-refractivity contribution is 6.28. The molecule has 4 rings (SSSR count). The van der Waals surface area contributed by atoms with Crippen LogP contribution in [-0.2, 0) is 4.74 Å². The van der Waals surface area contributed by atoms with Gasteiger partial charge in [-0.05, 0) is 30.9 Å². The minimum Gasteiger partial charge on any atom is -0.394 e. The lowest BCUT2D eigenvalue weighted by molar-refractivity contribution is -0.0486. The Bertz CT molecular complexity index is 772. The van der Waals surface area contributed by atoms with Crippen molar-refractivity contribution in [3.63, 3.8) is 0 Å². The largest absolute Gasteiger partial charge is 0.394 e. The fourth-order valence-electron chi connectivity index (χ4n) is 3.56. The maximum atomic E-state index is 10.2. The van der Waals surface area contributed by atoms with Crippen molar-refractivity contribution in [3.8, 4) is 0 Å². The predicted octanol–water partition coefficient (Wildman–Crippen LogP) is 0.446. The molecule has 2 fully saturated rings. The summed E-state index contributed by atoms with van der Waals surface area (Å²) in [6, 6.07) is -0.105. The number of nitrogens with zero attached hydrogens (tertiary/aromatic N) is 4. The molecule has 25 heavy (non-hydrogen) atoms. The average molecular weight is 370 g/mol. The molecule has 2 aliphatic rings. The molecule has 0 radical (unpaired) electrons. The quantitative estimate of drug-likeness (QED) is 0.572. The predicted molar refractivity (Wildman–Crippen MR) is 89.2 cm³/mol. The second kappa shape index (κ2) is 6.65. The first-order chi connectivity index (χ1) is 12.1. The lowest BCUT2D eigenvalue weighted by Gasteiger charge is -2.18. The normalized spacial score (nSPS) is 32.6. The van der Waals surface area contributed by atoms with Crippen LogP contribution in [0.4, 0.5) is 5.82 Å². The molecule has 136 valence electrons. The molecule has 1 aliphatic heterocycles. The molecule has 5 atom stereocenters. The van der Waals surface area contributed by atoms with Crippen LogP contribution >= 0.6 is 11.6 Å². The van der Waals surface area contributed by atoms with E-state index < -0.39 is 24.5 Å². The summed E-state index contributed by atoms with van der Waals surface area (Å²) in [5, 5.41) is 32.7. The summed E-state index contributed by atoms with van der Waals surface area (Å²) in [5.41, 5.74) is 0.921. The summed E-state index contributed by atoms with van der Waals surface area (Å²) in [6.07, 6.45) is 2.04. The van der Waals surface area contributed by atoms with Crippen LogP contribution in [0.25, 0.3) is 11.2 Å². The summed E-state index contributed by atoms with van der Waals surface area (Å²) in [4.78, 5) is 12.8. The third kappa shape index (κ3) is 3.06. The van der Waals surface area contributed by atoms with Gasteiger partial charge in [0, 0.05) is 6.42 Å². The van der Waals surface area contributed by atoms with E-state index in [1.807, 2.05) is 0 Å². The van der Waals surface area contributed by atoms with Gasteiger partial charge in [-0.2, -0.15) is 9.97 Å². The van der Waals surface area contributed by atoms with Crippen molar-refractivity contribution >= 4 is 28.6 Å². The molecule has 0 bridgehead atoms. The topological polar surface area (TPSA) is 126 Å². The summed E-state index contributed by atoms with van der Waals surface area (Å²) in [7, 11) is 0. The van der Waals surface area contributed by atoms with Crippen molar-refractivity contribution in [3.05, 3.63) is 11.6 Å². The highest BCUT2D eigenvalue weighted by atomic mass is 35.5. The van der Waals surface area contributed by atoms with Crippen molar-refractivity contribution in [1.82, 2.24) is 19.5 Å². The van der Waals surface area contributed by atoms with Crippen molar-refractivity contribution in [2.24, 2.45) is 0 Å². The van der Waals surface area contributed by atoms with E-state index in [0.29, 0.717) is 23.4 Å². The smallest absolute Gasteiger partial charge is 0.226 e. The van der Waals surface area contributed by atoms with Crippen LogP contribution in [-0.4, -0.2) is 65.8 Å². The zero-order valence-electron chi connectivity index (χ0n) is 13.4. The lowest BCUT2D eigenvalue weighted by atomic mass is 10.2. The standard InChI is InChI=1S/C15H20ClN5O4/c16-15-19-12(18-8-2-1-3-9(8)23)11-13(20-15)21(6-17-11)14-10(24)4-7(5-22)25-14/h6-10,14,22-24H,1-5H2,(H,18,19,20)/t7-,8+,9?,10+,14+/m0/s1. The van der Waals surface area contributed by atoms with Crippen LogP contribution < -0.4 is 5.32 Å². The molecule has 1 saturated heterocycles. The van der Waals surface area contributed by atoms with E-state index in [9.17, 15) is 15.3 Å². The van der Waals surface area contributed by atoms with E-state index in [1.54, 1.807) is 4.57 Å². The minimum atomic E-state index is -0.781. The Balaban J connectivity index is 1.69. The number of aliphatic hydroxyl groups excluding tert-OH is 3. The van der Waals surface area contributed by atoms with Crippen molar-refractivity contribution in [2.75, 3.05) is 11.9 Å². The molecule has 0 spiro atoms. The molecular formula is C15H20ClN5O4. The molecule has 0 aromatic carbocycles. The third-order valence-electron chi connectivity index (χ3n) is 4.84. The van der Waals surface area contributed by atoms with Crippen LogP contribution in [0.5, 0.6) is 0 Å². The summed E-state index contributed by atoms with van der Waals surface area (Å²) in [5.74, 6) is 0.450. The zero-order chi connectivity index (χ0) is 17.6.